The lowest BCUT2D eigenvalue weighted by atomic mass is 10.2. The van der Waals surface area contributed by atoms with Gasteiger partial charge in [0.25, 0.3) is 5.91 Å². The molecule has 0 fully saturated rings. The van der Waals surface area contributed by atoms with E-state index >= 15 is 0 Å². The predicted molar refractivity (Wildman–Crippen MR) is 113 cm³/mol. The number of carbonyl (C=O) groups excluding carboxylic acids is 3. The topological polar surface area (TPSA) is 109 Å². The molecule has 11 heteroatoms. The number of nitrogens with one attached hydrogen (secondary N) is 3. The van der Waals surface area contributed by atoms with E-state index in [1.807, 2.05) is 0 Å². The lowest BCUT2D eigenvalue weighted by molar-refractivity contribution is -0.137. The first-order valence-electron chi connectivity index (χ1n) is 9.41. The van der Waals surface area contributed by atoms with Crippen LogP contribution in [0.4, 0.5) is 24.5 Å². The molecule has 0 atom stereocenters. The van der Waals surface area contributed by atoms with Gasteiger partial charge in [-0.05, 0) is 48.5 Å². The van der Waals surface area contributed by atoms with Gasteiger partial charge in [-0.3, -0.25) is 19.4 Å². The second kappa shape index (κ2) is 9.81. The number of amides is 3. The zero-order valence-electron chi connectivity index (χ0n) is 17.1. The number of nitrogens with zero attached hydrogens (tertiary/aromatic N) is 1. The van der Waals surface area contributed by atoms with Gasteiger partial charge < -0.3 is 20.7 Å². The Morgan fingerprint density at radius 2 is 1.52 bits per heavy atom. The minimum atomic E-state index is -4.58. The Bertz CT molecular complexity index is 1180. The maximum Gasteiger partial charge on any atom is 0.416 e. The van der Waals surface area contributed by atoms with Crippen molar-refractivity contribution < 1.29 is 32.3 Å². The molecule has 0 aliphatic rings. The van der Waals surface area contributed by atoms with E-state index in [1.165, 1.54) is 49.6 Å². The molecule has 0 saturated carbocycles. The van der Waals surface area contributed by atoms with E-state index in [-0.39, 0.29) is 23.0 Å². The normalized spacial score (nSPS) is 10.8. The molecule has 3 amide bonds. The average Bonchev–Trinajstić information content (AvgIpc) is 2.79. The summed E-state index contributed by atoms with van der Waals surface area (Å²) in [5.41, 5.74) is -0.687. The van der Waals surface area contributed by atoms with E-state index in [9.17, 15) is 27.6 Å². The molecule has 2 aromatic carbocycles. The van der Waals surface area contributed by atoms with Crippen LogP contribution < -0.4 is 20.7 Å². The van der Waals surface area contributed by atoms with Gasteiger partial charge in [0.15, 0.2) is 0 Å². The predicted octanol–water partition coefficient (Wildman–Crippen LogP) is 3.83. The van der Waals surface area contributed by atoms with Crippen molar-refractivity contribution >= 4 is 29.1 Å². The molecule has 0 unspecified atom stereocenters. The zero-order chi connectivity index (χ0) is 24.0. The van der Waals surface area contributed by atoms with Crippen LogP contribution in [0.25, 0.3) is 0 Å². The van der Waals surface area contributed by atoms with Crippen molar-refractivity contribution in [1.82, 2.24) is 10.3 Å². The third-order valence-electron chi connectivity index (χ3n) is 4.19. The van der Waals surface area contributed by atoms with Crippen molar-refractivity contribution in [3.63, 3.8) is 0 Å². The van der Waals surface area contributed by atoms with E-state index in [0.717, 1.165) is 18.2 Å². The minimum Gasteiger partial charge on any atom is -0.457 e. The van der Waals surface area contributed by atoms with Crippen molar-refractivity contribution in [2.75, 3.05) is 17.7 Å². The lowest BCUT2D eigenvalue weighted by Crippen LogP contribution is -2.29. The Kier molecular flexibility index (Phi) is 6.91. The number of benzene rings is 2. The molecular weight excluding hydrogens is 441 g/mol. The number of aromatic nitrogens is 1. The summed E-state index contributed by atoms with van der Waals surface area (Å²) in [5, 5.41) is 6.91. The molecule has 33 heavy (non-hydrogen) atoms. The number of ether oxygens (including phenoxy) is 1. The zero-order valence-corrected chi connectivity index (χ0v) is 17.1. The van der Waals surface area contributed by atoms with Crippen molar-refractivity contribution in [2.45, 2.75) is 6.18 Å². The number of halogens is 3. The molecule has 3 aromatic rings. The van der Waals surface area contributed by atoms with Crippen molar-refractivity contribution in [3.05, 3.63) is 78.1 Å². The maximum absolute atomic E-state index is 12.8. The highest BCUT2D eigenvalue weighted by atomic mass is 19.4. The Morgan fingerprint density at radius 3 is 2.15 bits per heavy atom. The van der Waals surface area contributed by atoms with Crippen molar-refractivity contribution in [1.29, 1.82) is 0 Å². The van der Waals surface area contributed by atoms with Crippen LogP contribution in [0.2, 0.25) is 0 Å². The molecule has 0 bridgehead atoms. The lowest BCUT2D eigenvalue weighted by Gasteiger charge is -2.10. The standard InChI is InChI=1S/C22H17F3N4O4/c1-26-19(30)18-12-17(9-10-27-18)33-16-7-5-14(6-8-16)28-20(31)21(32)29-15-4-2-3-13(11-15)22(23,24)25/h2-12H,1H3,(H,26,30)(H,28,31)(H,29,32). The molecule has 3 rings (SSSR count). The minimum absolute atomic E-state index is 0.165. The molecule has 0 aliphatic carbocycles. The molecule has 170 valence electrons. The Hall–Kier alpha value is -4.41. The monoisotopic (exact) mass is 458 g/mol. The summed E-state index contributed by atoms with van der Waals surface area (Å²) < 4.78 is 43.9. The third-order valence-corrected chi connectivity index (χ3v) is 4.19. The van der Waals surface area contributed by atoms with Crippen molar-refractivity contribution in [2.24, 2.45) is 0 Å². The van der Waals surface area contributed by atoms with Crippen LogP contribution in [-0.4, -0.2) is 29.8 Å². The van der Waals surface area contributed by atoms with Gasteiger partial charge in [-0.1, -0.05) is 6.07 Å². The van der Waals surface area contributed by atoms with Crippen LogP contribution >= 0.6 is 0 Å². The summed E-state index contributed by atoms with van der Waals surface area (Å²) in [7, 11) is 1.48. The first kappa shape index (κ1) is 23.3. The Labute approximate surface area is 185 Å². The molecule has 3 N–H and O–H groups in total. The number of rotatable bonds is 5. The smallest absolute Gasteiger partial charge is 0.416 e. The van der Waals surface area contributed by atoms with Crippen LogP contribution in [0, 0.1) is 0 Å². The van der Waals surface area contributed by atoms with Crippen LogP contribution in [0.5, 0.6) is 11.5 Å². The molecule has 0 aliphatic heterocycles. The van der Waals surface area contributed by atoms with E-state index in [1.54, 1.807) is 6.07 Å². The van der Waals surface area contributed by atoms with Gasteiger partial charge in [0.05, 0.1) is 5.56 Å². The summed E-state index contributed by atoms with van der Waals surface area (Å²) in [4.78, 5) is 39.7. The van der Waals surface area contributed by atoms with Crippen LogP contribution in [0.15, 0.2) is 66.9 Å². The Morgan fingerprint density at radius 1 is 0.848 bits per heavy atom. The van der Waals surface area contributed by atoms with E-state index in [0.29, 0.717) is 11.5 Å². The highest BCUT2D eigenvalue weighted by molar-refractivity contribution is 6.43. The van der Waals surface area contributed by atoms with Crippen LogP contribution in [0.3, 0.4) is 0 Å². The summed E-state index contributed by atoms with van der Waals surface area (Å²) in [6, 6.07) is 12.9. The van der Waals surface area contributed by atoms with Gasteiger partial charge in [-0.25, -0.2) is 0 Å². The molecule has 0 saturated heterocycles. The molecule has 0 spiro atoms. The number of pyridine rings is 1. The van der Waals surface area contributed by atoms with Gasteiger partial charge in [-0.15, -0.1) is 0 Å². The van der Waals surface area contributed by atoms with Crippen molar-refractivity contribution in [3.8, 4) is 11.5 Å². The summed E-state index contributed by atoms with van der Waals surface area (Å²) in [6.45, 7) is 0. The van der Waals surface area contributed by atoms with Gasteiger partial charge in [-0.2, -0.15) is 13.2 Å². The number of hydrogen-bond acceptors (Lipinski definition) is 5. The van der Waals surface area contributed by atoms with Gasteiger partial charge in [0, 0.05) is 30.7 Å². The fourth-order valence-electron chi connectivity index (χ4n) is 2.62. The van der Waals surface area contributed by atoms with Crippen LogP contribution in [0.1, 0.15) is 16.1 Å². The average molecular weight is 458 g/mol. The van der Waals surface area contributed by atoms with Crippen LogP contribution in [-0.2, 0) is 15.8 Å². The summed E-state index contributed by atoms with van der Waals surface area (Å²) in [5.74, 6) is -1.82. The quantitative estimate of drug-likeness (QED) is 0.504. The SMILES string of the molecule is CNC(=O)c1cc(Oc2ccc(NC(=O)C(=O)Nc3cccc(C(F)(F)F)c3)cc2)ccn1. The van der Waals surface area contributed by atoms with Gasteiger partial charge in [0.1, 0.15) is 17.2 Å². The largest absolute Gasteiger partial charge is 0.457 e. The molecule has 0 radical (unpaired) electrons. The molecule has 8 nitrogen and oxygen atoms in total. The number of carbonyl (C=O) groups is 3. The number of hydrogen-bond donors (Lipinski definition) is 3. The van der Waals surface area contributed by atoms with E-state index in [2.05, 4.69) is 20.9 Å². The van der Waals surface area contributed by atoms with E-state index in [4.69, 9.17) is 4.74 Å². The Balaban J connectivity index is 1.60. The highest BCUT2D eigenvalue weighted by Crippen LogP contribution is 2.30. The molecule has 1 heterocycles. The summed E-state index contributed by atoms with van der Waals surface area (Å²) >= 11 is 0. The second-order valence-corrected chi connectivity index (χ2v) is 6.57. The second-order valence-electron chi connectivity index (χ2n) is 6.57. The first-order chi connectivity index (χ1) is 15.7. The fraction of sp³-hybridized carbons (Fsp3) is 0.0909. The molecule has 1 aromatic heterocycles. The first-order valence-corrected chi connectivity index (χ1v) is 9.41. The number of alkyl halides is 3. The molecular formula is C22H17F3N4O4. The van der Waals surface area contributed by atoms with Gasteiger partial charge >= 0.3 is 18.0 Å². The summed E-state index contributed by atoms with van der Waals surface area (Å²) in [6.07, 6.45) is -3.16. The fourth-order valence-corrected chi connectivity index (χ4v) is 2.62. The highest BCUT2D eigenvalue weighted by Gasteiger charge is 2.30. The number of anilines is 2. The van der Waals surface area contributed by atoms with Gasteiger partial charge in [0.2, 0.25) is 0 Å². The maximum atomic E-state index is 12.8. The van der Waals surface area contributed by atoms with E-state index < -0.39 is 23.6 Å². The third kappa shape index (κ3) is 6.29.